The topological polar surface area (TPSA) is 118 Å². The molecule has 0 aliphatic rings. The number of anilines is 3. The number of nitrogens with zero attached hydrogens (tertiary/aromatic N) is 1. The highest BCUT2D eigenvalue weighted by Gasteiger charge is 2.28. The molecule has 4 N–H and O–H groups in total. The number of H-pyrrole nitrogens is 2. The largest absolute Gasteiger partial charge is 0.325 e. The Hall–Kier alpha value is -4.38. The highest BCUT2D eigenvalue weighted by molar-refractivity contribution is 7.92. The zero-order valence-corrected chi connectivity index (χ0v) is 20.4. The summed E-state index contributed by atoms with van der Waals surface area (Å²) in [6, 6.07) is 15.2. The Kier molecular flexibility index (Phi) is 6.30. The molecule has 0 aliphatic carbocycles. The van der Waals surface area contributed by atoms with Crippen LogP contribution in [0.3, 0.4) is 0 Å². The highest BCUT2D eigenvalue weighted by atomic mass is 32.2. The monoisotopic (exact) mass is 522 g/mol. The third-order valence-corrected chi connectivity index (χ3v) is 7.34. The van der Waals surface area contributed by atoms with Gasteiger partial charge >= 0.3 is 0 Å². The van der Waals surface area contributed by atoms with E-state index < -0.39 is 38.7 Å². The van der Waals surface area contributed by atoms with Crippen LogP contribution in [0.5, 0.6) is 0 Å². The van der Waals surface area contributed by atoms with E-state index in [1.165, 1.54) is 12.5 Å². The van der Waals surface area contributed by atoms with Crippen molar-refractivity contribution in [1.82, 2.24) is 9.97 Å². The minimum Gasteiger partial charge on any atom is -0.325 e. The molecule has 0 atom stereocenters. The molecule has 188 valence electrons. The summed E-state index contributed by atoms with van der Waals surface area (Å²) in [5, 5.41) is 5.42. The SMILES string of the molecule is CCCS(=O)(=O)Nc1ccc(F)c(C(=O)c2c[nH]c3[nH+]cnc(Nc4cccc5ccccc45)c23)c1F. The third-order valence-electron chi connectivity index (χ3n) is 5.86. The van der Waals surface area contributed by atoms with Crippen LogP contribution < -0.4 is 15.0 Å². The van der Waals surface area contributed by atoms with Gasteiger partial charge in [-0.2, -0.15) is 0 Å². The van der Waals surface area contributed by atoms with E-state index in [0.717, 1.165) is 28.6 Å². The van der Waals surface area contributed by atoms with E-state index in [2.05, 4.69) is 25.0 Å². The molecule has 0 aliphatic heterocycles. The van der Waals surface area contributed by atoms with Crippen LogP contribution in [0.4, 0.5) is 26.0 Å². The molecular formula is C26H22F2N5O3S+. The summed E-state index contributed by atoms with van der Waals surface area (Å²) >= 11 is 0. The molecule has 37 heavy (non-hydrogen) atoms. The standard InChI is InChI=1S/C26H21F2N5O3S/c1-2-12-37(35,36)33-20-11-10-18(27)22(23(20)28)24(34)17-13-29-25-21(17)26(31-14-30-25)32-19-9-5-7-15-6-3-4-8-16(15)19/h3-11,13-14,33H,2,12H2,1H3,(H2,29,30,31,32)/p+1. The first kappa shape index (κ1) is 24.3. The predicted molar refractivity (Wildman–Crippen MR) is 137 cm³/mol. The van der Waals surface area contributed by atoms with E-state index in [0.29, 0.717) is 12.1 Å². The molecule has 0 spiro atoms. The maximum atomic E-state index is 15.3. The minimum atomic E-state index is -3.87. The van der Waals surface area contributed by atoms with Gasteiger partial charge in [0, 0.05) is 11.1 Å². The van der Waals surface area contributed by atoms with E-state index in [-0.39, 0.29) is 22.5 Å². The fourth-order valence-electron chi connectivity index (χ4n) is 4.21. The number of carbonyl (C=O) groups excluding carboxylic acids is 1. The zero-order valence-electron chi connectivity index (χ0n) is 19.6. The molecule has 2 heterocycles. The lowest BCUT2D eigenvalue weighted by Crippen LogP contribution is -2.18. The van der Waals surface area contributed by atoms with Crippen LogP contribution in [0.1, 0.15) is 29.3 Å². The Bertz CT molecular complexity index is 1760. The molecule has 0 saturated heterocycles. The third kappa shape index (κ3) is 4.60. The number of aromatic amines is 2. The van der Waals surface area contributed by atoms with Gasteiger partial charge in [-0.15, -0.1) is 0 Å². The average molecular weight is 523 g/mol. The summed E-state index contributed by atoms with van der Waals surface area (Å²) in [6.07, 6.45) is 3.05. The average Bonchev–Trinajstić information content (AvgIpc) is 3.31. The smallest absolute Gasteiger partial charge is 0.236 e. The van der Waals surface area contributed by atoms with Gasteiger partial charge in [0.1, 0.15) is 11.2 Å². The molecule has 5 rings (SSSR count). The van der Waals surface area contributed by atoms with Crippen molar-refractivity contribution in [2.24, 2.45) is 0 Å². The number of halogens is 2. The molecule has 0 amide bonds. The van der Waals surface area contributed by atoms with Crippen molar-refractivity contribution in [3.8, 4) is 0 Å². The van der Waals surface area contributed by atoms with Crippen molar-refractivity contribution in [2.75, 3.05) is 15.8 Å². The molecule has 2 aromatic heterocycles. The molecule has 0 saturated carbocycles. The molecule has 11 heteroatoms. The van der Waals surface area contributed by atoms with E-state index in [1.807, 2.05) is 42.5 Å². The minimum absolute atomic E-state index is 0.0477. The van der Waals surface area contributed by atoms with Crippen molar-refractivity contribution >= 4 is 54.8 Å². The van der Waals surface area contributed by atoms with Gasteiger partial charge in [0.15, 0.2) is 5.82 Å². The van der Waals surface area contributed by atoms with Crippen molar-refractivity contribution < 1.29 is 27.0 Å². The molecule has 0 fully saturated rings. The summed E-state index contributed by atoms with van der Waals surface area (Å²) in [6.45, 7) is 1.65. The fraction of sp³-hybridized carbons (Fsp3) is 0.115. The Morgan fingerprint density at radius 1 is 1.05 bits per heavy atom. The van der Waals surface area contributed by atoms with Gasteiger partial charge in [0.25, 0.3) is 0 Å². The maximum Gasteiger partial charge on any atom is 0.236 e. The summed E-state index contributed by atoms with van der Waals surface area (Å²) in [5.74, 6) is -3.35. The normalized spacial score (nSPS) is 11.6. The van der Waals surface area contributed by atoms with Crippen molar-refractivity contribution in [2.45, 2.75) is 13.3 Å². The lowest BCUT2D eigenvalue weighted by Gasteiger charge is -2.11. The van der Waals surface area contributed by atoms with Gasteiger partial charge in [0.2, 0.25) is 33.6 Å². The molecule has 0 radical (unpaired) electrons. The number of ketones is 1. The van der Waals surface area contributed by atoms with E-state index in [4.69, 9.17) is 0 Å². The number of rotatable bonds is 8. The van der Waals surface area contributed by atoms with E-state index in [1.54, 1.807) is 6.92 Å². The van der Waals surface area contributed by atoms with E-state index in [9.17, 15) is 17.6 Å². The van der Waals surface area contributed by atoms with Crippen LogP contribution in [-0.4, -0.2) is 29.9 Å². The molecule has 3 aromatic carbocycles. The molecule has 8 nitrogen and oxygen atoms in total. The second-order valence-corrected chi connectivity index (χ2v) is 10.2. The fourth-order valence-corrected chi connectivity index (χ4v) is 5.34. The number of benzene rings is 3. The van der Waals surface area contributed by atoms with Crippen molar-refractivity contribution in [1.29, 1.82) is 0 Å². The Balaban J connectivity index is 1.59. The van der Waals surface area contributed by atoms with Crippen LogP contribution >= 0.6 is 0 Å². The van der Waals surface area contributed by atoms with Crippen LogP contribution in [-0.2, 0) is 10.0 Å². The number of aromatic nitrogens is 3. The summed E-state index contributed by atoms with van der Waals surface area (Å²) in [4.78, 5) is 23.6. The number of hydrogen-bond acceptors (Lipinski definition) is 5. The first-order chi connectivity index (χ1) is 17.8. The molecule has 0 bridgehead atoms. The van der Waals surface area contributed by atoms with Gasteiger partial charge in [-0.3, -0.25) is 14.5 Å². The quantitative estimate of drug-likeness (QED) is 0.250. The zero-order chi connectivity index (χ0) is 26.2. The summed E-state index contributed by atoms with van der Waals surface area (Å²) in [5.41, 5.74) is -0.299. The first-order valence-electron chi connectivity index (χ1n) is 11.4. The van der Waals surface area contributed by atoms with Gasteiger partial charge in [-0.05, 0) is 30.0 Å². The Labute approximate surface area is 210 Å². The number of carbonyl (C=O) groups is 1. The second kappa shape index (κ2) is 9.58. The lowest BCUT2D eigenvalue weighted by atomic mass is 10.0. The number of fused-ring (bicyclic) bond motifs is 2. The predicted octanol–water partition coefficient (Wildman–Crippen LogP) is 4.93. The van der Waals surface area contributed by atoms with Crippen LogP contribution in [0.15, 0.2) is 67.1 Å². The van der Waals surface area contributed by atoms with Crippen LogP contribution in [0.25, 0.3) is 21.8 Å². The van der Waals surface area contributed by atoms with Gasteiger partial charge in [-0.25, -0.2) is 22.2 Å². The van der Waals surface area contributed by atoms with Crippen molar-refractivity contribution in [3.63, 3.8) is 0 Å². The van der Waals surface area contributed by atoms with Crippen LogP contribution in [0.2, 0.25) is 0 Å². The number of nitrogens with one attached hydrogen (secondary N) is 4. The Morgan fingerprint density at radius 3 is 2.65 bits per heavy atom. The van der Waals surface area contributed by atoms with Gasteiger partial charge < -0.3 is 5.32 Å². The molecule has 5 aromatic rings. The van der Waals surface area contributed by atoms with E-state index >= 15 is 4.39 Å². The Morgan fingerprint density at radius 2 is 1.84 bits per heavy atom. The van der Waals surface area contributed by atoms with Gasteiger partial charge in [0.05, 0.1) is 28.8 Å². The molecular weight excluding hydrogens is 500 g/mol. The number of sulfonamides is 1. The highest BCUT2D eigenvalue weighted by Crippen LogP contribution is 2.32. The maximum absolute atomic E-state index is 15.3. The second-order valence-electron chi connectivity index (χ2n) is 8.39. The van der Waals surface area contributed by atoms with Crippen molar-refractivity contribution in [3.05, 3.63) is 89.9 Å². The number of hydrogen-bond donors (Lipinski definition) is 3. The van der Waals surface area contributed by atoms with Gasteiger partial charge in [-0.1, -0.05) is 48.3 Å². The summed E-state index contributed by atoms with van der Waals surface area (Å²) in [7, 11) is -3.87. The lowest BCUT2D eigenvalue weighted by molar-refractivity contribution is -0.352. The summed E-state index contributed by atoms with van der Waals surface area (Å²) < 4.78 is 56.5. The molecule has 0 unspecified atom stereocenters. The van der Waals surface area contributed by atoms with Crippen LogP contribution in [0, 0.1) is 11.6 Å². The first-order valence-corrected chi connectivity index (χ1v) is 13.1.